The molecule has 0 unspecified atom stereocenters. The van der Waals surface area contributed by atoms with Gasteiger partial charge in [-0.15, -0.1) is 0 Å². The molecule has 150 valence electrons. The van der Waals surface area contributed by atoms with Gasteiger partial charge in [-0.2, -0.15) is 0 Å². The van der Waals surface area contributed by atoms with Crippen LogP contribution < -0.4 is 5.19 Å². The minimum absolute atomic E-state index is 1.18. The van der Waals surface area contributed by atoms with Crippen molar-refractivity contribution in [2.24, 2.45) is 0 Å². The first-order valence-electron chi connectivity index (χ1n) is 11.6. The molecule has 1 aromatic carbocycles. The van der Waals surface area contributed by atoms with Gasteiger partial charge in [0.15, 0.2) is 0 Å². The Morgan fingerprint density at radius 2 is 1.00 bits per heavy atom. The lowest BCUT2D eigenvalue weighted by molar-refractivity contribution is 0.535. The van der Waals surface area contributed by atoms with Crippen LogP contribution in [-0.2, 0) is 6.42 Å². The molecule has 26 heavy (non-hydrogen) atoms. The van der Waals surface area contributed by atoms with Gasteiger partial charge in [-0.1, -0.05) is 139 Å². The molecule has 0 amide bonds. The fourth-order valence-corrected chi connectivity index (χ4v) is 5.75. The molecule has 0 aliphatic heterocycles. The quantitative estimate of drug-likeness (QED) is 0.202. The Morgan fingerprint density at radius 1 is 0.577 bits per heavy atom. The average Bonchev–Trinajstić information content (AvgIpc) is 2.61. The van der Waals surface area contributed by atoms with Crippen LogP contribution in [0.3, 0.4) is 0 Å². The van der Waals surface area contributed by atoms with Gasteiger partial charge in [-0.05, 0) is 18.4 Å². The number of rotatable bonds is 16. The molecular formula is C25H46Si. The Hall–Kier alpha value is -0.563. The van der Waals surface area contributed by atoms with Crippen LogP contribution in [0.15, 0.2) is 24.3 Å². The van der Waals surface area contributed by atoms with Gasteiger partial charge in [0.25, 0.3) is 0 Å². The molecule has 0 N–H and O–H groups in total. The van der Waals surface area contributed by atoms with Gasteiger partial charge in [0.05, 0.1) is 8.07 Å². The van der Waals surface area contributed by atoms with Crippen LogP contribution in [0.4, 0.5) is 0 Å². The summed E-state index contributed by atoms with van der Waals surface area (Å²) in [5.41, 5.74) is 1.63. The van der Waals surface area contributed by atoms with Crippen molar-refractivity contribution >= 4 is 13.3 Å². The number of hydrogen-bond donors (Lipinski definition) is 0. The second kappa shape index (κ2) is 14.5. The molecule has 1 heteroatoms. The lowest BCUT2D eigenvalue weighted by Crippen LogP contribution is -2.40. The minimum atomic E-state index is -1.18. The van der Waals surface area contributed by atoms with Crippen LogP contribution in [0.1, 0.15) is 102 Å². The maximum atomic E-state index is 2.47. The monoisotopic (exact) mass is 374 g/mol. The molecule has 0 aromatic heterocycles. The molecule has 0 aliphatic carbocycles. The Balaban J connectivity index is 1.96. The second-order valence-electron chi connectivity index (χ2n) is 9.25. The summed E-state index contributed by atoms with van der Waals surface area (Å²) in [5, 5.41) is 1.68. The SMILES string of the molecule is CCCCCCCCCCCCCCCCc1ccccc1[Si](C)(C)C. The third kappa shape index (κ3) is 11.2. The smallest absolute Gasteiger partial charge is 0.0656 e. The first-order valence-corrected chi connectivity index (χ1v) is 15.1. The highest BCUT2D eigenvalue weighted by molar-refractivity contribution is 6.89. The van der Waals surface area contributed by atoms with E-state index in [0.29, 0.717) is 0 Å². The summed E-state index contributed by atoms with van der Waals surface area (Å²) < 4.78 is 0. The zero-order valence-electron chi connectivity index (χ0n) is 18.4. The van der Waals surface area contributed by atoms with Crippen LogP contribution in [0.2, 0.25) is 19.6 Å². The normalized spacial score (nSPS) is 11.8. The van der Waals surface area contributed by atoms with Gasteiger partial charge in [-0.25, -0.2) is 0 Å². The topological polar surface area (TPSA) is 0 Å². The van der Waals surface area contributed by atoms with Gasteiger partial charge < -0.3 is 0 Å². The third-order valence-electron chi connectivity index (χ3n) is 5.63. The Bertz CT molecular complexity index is 444. The average molecular weight is 375 g/mol. The van der Waals surface area contributed by atoms with E-state index in [2.05, 4.69) is 50.8 Å². The summed E-state index contributed by atoms with van der Waals surface area (Å²) >= 11 is 0. The van der Waals surface area contributed by atoms with Gasteiger partial charge in [0.2, 0.25) is 0 Å². The van der Waals surface area contributed by atoms with Crippen LogP contribution in [0, 0.1) is 0 Å². The van der Waals surface area contributed by atoms with E-state index in [1.807, 2.05) is 0 Å². The van der Waals surface area contributed by atoms with Gasteiger partial charge >= 0.3 is 0 Å². The summed E-state index contributed by atoms with van der Waals surface area (Å²) in [6.45, 7) is 9.71. The molecule has 0 bridgehead atoms. The highest BCUT2D eigenvalue weighted by Crippen LogP contribution is 2.14. The van der Waals surface area contributed by atoms with Crippen LogP contribution in [0.25, 0.3) is 0 Å². The number of unbranched alkanes of at least 4 members (excludes halogenated alkanes) is 13. The fraction of sp³-hybridized carbons (Fsp3) is 0.760. The molecule has 1 aromatic rings. The van der Waals surface area contributed by atoms with Crippen molar-refractivity contribution in [3.05, 3.63) is 29.8 Å². The molecule has 0 saturated carbocycles. The van der Waals surface area contributed by atoms with Crippen LogP contribution in [0.5, 0.6) is 0 Å². The maximum Gasteiger partial charge on any atom is 0.0779 e. The van der Waals surface area contributed by atoms with Crippen molar-refractivity contribution < 1.29 is 0 Å². The Kier molecular flexibility index (Phi) is 13.1. The van der Waals surface area contributed by atoms with E-state index in [1.54, 1.807) is 10.8 Å². The van der Waals surface area contributed by atoms with Crippen molar-refractivity contribution in [2.75, 3.05) is 0 Å². The highest BCUT2D eigenvalue weighted by Gasteiger charge is 2.18. The van der Waals surface area contributed by atoms with Gasteiger partial charge in [0.1, 0.15) is 0 Å². The third-order valence-corrected chi connectivity index (χ3v) is 7.73. The molecule has 0 spiro atoms. The van der Waals surface area contributed by atoms with E-state index < -0.39 is 8.07 Å². The van der Waals surface area contributed by atoms with Crippen molar-refractivity contribution in [1.29, 1.82) is 0 Å². The van der Waals surface area contributed by atoms with Crippen LogP contribution in [-0.4, -0.2) is 8.07 Å². The fourth-order valence-electron chi connectivity index (χ4n) is 3.98. The molecule has 0 nitrogen and oxygen atoms in total. The van der Waals surface area contributed by atoms with E-state index >= 15 is 0 Å². The predicted octanol–water partition coefficient (Wildman–Crippen LogP) is 8.26. The predicted molar refractivity (Wildman–Crippen MR) is 123 cm³/mol. The summed E-state index contributed by atoms with van der Waals surface area (Å²) in [7, 11) is -1.18. The van der Waals surface area contributed by atoms with E-state index in [-0.39, 0.29) is 0 Å². The number of hydrogen-bond acceptors (Lipinski definition) is 0. The lowest BCUT2D eigenvalue weighted by atomic mass is 10.0. The molecule has 0 radical (unpaired) electrons. The Morgan fingerprint density at radius 3 is 1.46 bits per heavy atom. The molecule has 0 aliphatic rings. The van der Waals surface area contributed by atoms with Gasteiger partial charge in [0, 0.05) is 0 Å². The van der Waals surface area contributed by atoms with Crippen LogP contribution >= 0.6 is 0 Å². The lowest BCUT2D eigenvalue weighted by Gasteiger charge is -2.21. The highest BCUT2D eigenvalue weighted by atomic mass is 28.3. The zero-order chi connectivity index (χ0) is 19.1. The zero-order valence-corrected chi connectivity index (χ0v) is 19.4. The van der Waals surface area contributed by atoms with Gasteiger partial charge in [-0.3, -0.25) is 0 Å². The summed E-state index contributed by atoms with van der Waals surface area (Å²) in [6, 6.07) is 9.20. The molecule has 0 heterocycles. The summed E-state index contributed by atoms with van der Waals surface area (Å²) in [6.07, 6.45) is 21.5. The standard InChI is InChI=1S/C25H46Si/c1-5-6-7-8-9-10-11-12-13-14-15-16-17-18-21-24-22-19-20-23-25(24)26(2,3)4/h19-20,22-23H,5-18,21H2,1-4H3. The minimum Gasteiger partial charge on any atom is -0.0656 e. The molecule has 0 atom stereocenters. The van der Waals surface area contributed by atoms with E-state index in [0.717, 1.165) is 0 Å². The summed E-state index contributed by atoms with van der Waals surface area (Å²) in [5.74, 6) is 0. The van der Waals surface area contributed by atoms with E-state index in [1.165, 1.54) is 96.3 Å². The van der Waals surface area contributed by atoms with Crippen molar-refractivity contribution in [2.45, 2.75) is 123 Å². The summed E-state index contributed by atoms with van der Waals surface area (Å²) in [4.78, 5) is 0. The molecule has 0 fully saturated rings. The molecule has 1 rings (SSSR count). The molecule has 0 saturated heterocycles. The van der Waals surface area contributed by atoms with Crippen molar-refractivity contribution in [1.82, 2.24) is 0 Å². The largest absolute Gasteiger partial charge is 0.0779 e. The first kappa shape index (κ1) is 23.5. The van der Waals surface area contributed by atoms with E-state index in [4.69, 9.17) is 0 Å². The van der Waals surface area contributed by atoms with E-state index in [9.17, 15) is 0 Å². The van der Waals surface area contributed by atoms with Crippen molar-refractivity contribution in [3.63, 3.8) is 0 Å². The molecular weight excluding hydrogens is 328 g/mol. The first-order chi connectivity index (χ1) is 12.6. The second-order valence-corrected chi connectivity index (χ2v) is 14.3. The van der Waals surface area contributed by atoms with Crippen molar-refractivity contribution in [3.8, 4) is 0 Å². The number of benzene rings is 1. The number of aryl methyl sites for hydroxylation is 1. The Labute approximate surface area is 166 Å². The maximum absolute atomic E-state index is 2.47.